The minimum absolute atomic E-state index is 0.214. The third-order valence-corrected chi connectivity index (χ3v) is 7.11. The van der Waals surface area contributed by atoms with Crippen LogP contribution in [0.5, 0.6) is 11.5 Å². The van der Waals surface area contributed by atoms with Gasteiger partial charge >= 0.3 is 5.97 Å². The number of aromatic nitrogens is 1. The molecule has 0 radical (unpaired) electrons. The van der Waals surface area contributed by atoms with E-state index in [1.807, 2.05) is 55.5 Å². The number of esters is 1. The quantitative estimate of drug-likeness (QED) is 0.411. The molecule has 0 aliphatic carbocycles. The Labute approximate surface area is 215 Å². The van der Waals surface area contributed by atoms with E-state index in [1.54, 1.807) is 25.5 Å². The lowest BCUT2D eigenvalue weighted by Gasteiger charge is -2.26. The molecule has 1 aliphatic heterocycles. The standard InChI is InChI=1S/C26H25BrN2O5S/c1-5-33-19-10-8-7-9-17(19)23-22(25(31)34-6-2)15(3)28-26-29(23)24(30)21(35-26)14-16-11-12-20(32-4)18(27)13-16/h7-14,23H,5-6H2,1-4H3/b21-14-/t23-/m1/s1. The van der Waals surface area contributed by atoms with Gasteiger partial charge in [-0.05, 0) is 66.5 Å². The minimum Gasteiger partial charge on any atom is -0.496 e. The second kappa shape index (κ2) is 10.6. The number of thiazole rings is 1. The number of allylic oxidation sites excluding steroid dienone is 1. The molecule has 0 spiro atoms. The van der Waals surface area contributed by atoms with Gasteiger partial charge in [-0.3, -0.25) is 9.36 Å². The molecule has 182 valence electrons. The van der Waals surface area contributed by atoms with Gasteiger partial charge in [-0.25, -0.2) is 9.79 Å². The molecule has 2 heterocycles. The Hall–Kier alpha value is -3.17. The number of para-hydroxylation sites is 1. The third-order valence-electron chi connectivity index (χ3n) is 5.50. The Bertz CT molecular complexity index is 1490. The van der Waals surface area contributed by atoms with Gasteiger partial charge in [-0.1, -0.05) is 35.6 Å². The van der Waals surface area contributed by atoms with E-state index < -0.39 is 12.0 Å². The van der Waals surface area contributed by atoms with E-state index in [9.17, 15) is 9.59 Å². The van der Waals surface area contributed by atoms with Crippen molar-refractivity contribution in [3.8, 4) is 11.5 Å². The maximum atomic E-state index is 13.7. The Balaban J connectivity index is 1.96. The fraction of sp³-hybridized carbons (Fsp3) is 0.269. The molecule has 0 N–H and O–H groups in total. The zero-order valence-electron chi connectivity index (χ0n) is 19.8. The van der Waals surface area contributed by atoms with Gasteiger partial charge in [-0.2, -0.15) is 0 Å². The van der Waals surface area contributed by atoms with Crippen molar-refractivity contribution < 1.29 is 19.0 Å². The van der Waals surface area contributed by atoms with Crippen LogP contribution in [0, 0.1) is 0 Å². The van der Waals surface area contributed by atoms with Gasteiger partial charge in [0.25, 0.3) is 5.56 Å². The number of nitrogens with zero attached hydrogens (tertiary/aromatic N) is 2. The molecule has 0 unspecified atom stereocenters. The number of carbonyl (C=O) groups excluding carboxylic acids is 1. The number of hydrogen-bond donors (Lipinski definition) is 0. The molecular weight excluding hydrogens is 532 g/mol. The number of carbonyl (C=O) groups is 1. The predicted molar refractivity (Wildman–Crippen MR) is 139 cm³/mol. The van der Waals surface area contributed by atoms with E-state index in [0.717, 1.165) is 10.0 Å². The average Bonchev–Trinajstić information content (AvgIpc) is 3.13. The molecule has 9 heteroatoms. The van der Waals surface area contributed by atoms with E-state index in [0.29, 0.717) is 44.3 Å². The molecule has 1 aromatic heterocycles. The molecule has 35 heavy (non-hydrogen) atoms. The summed E-state index contributed by atoms with van der Waals surface area (Å²) in [6.07, 6.45) is 1.81. The summed E-state index contributed by atoms with van der Waals surface area (Å²) < 4.78 is 19.4. The van der Waals surface area contributed by atoms with Gasteiger partial charge in [0.15, 0.2) is 4.80 Å². The summed E-state index contributed by atoms with van der Waals surface area (Å²) in [5.41, 5.74) is 2.12. The molecule has 0 saturated heterocycles. The molecule has 0 amide bonds. The second-order valence-electron chi connectivity index (χ2n) is 7.67. The van der Waals surface area contributed by atoms with E-state index in [2.05, 4.69) is 20.9 Å². The smallest absolute Gasteiger partial charge is 0.338 e. The maximum absolute atomic E-state index is 13.7. The molecule has 4 rings (SSSR count). The first-order chi connectivity index (χ1) is 16.9. The zero-order valence-corrected chi connectivity index (χ0v) is 22.2. The third kappa shape index (κ3) is 4.83. The molecule has 2 aromatic carbocycles. The van der Waals surface area contributed by atoms with Crippen LogP contribution in [0.15, 0.2) is 68.0 Å². The summed E-state index contributed by atoms with van der Waals surface area (Å²) in [7, 11) is 1.60. The number of halogens is 1. The lowest BCUT2D eigenvalue weighted by atomic mass is 9.95. The van der Waals surface area contributed by atoms with Crippen LogP contribution in [0.3, 0.4) is 0 Å². The predicted octanol–water partition coefficient (Wildman–Crippen LogP) is 3.97. The minimum atomic E-state index is -0.724. The highest BCUT2D eigenvalue weighted by molar-refractivity contribution is 9.10. The van der Waals surface area contributed by atoms with E-state index in [-0.39, 0.29) is 12.2 Å². The molecule has 0 bridgehead atoms. The first kappa shape index (κ1) is 24.9. The highest BCUT2D eigenvalue weighted by atomic mass is 79.9. The molecule has 0 fully saturated rings. The van der Waals surface area contributed by atoms with Crippen molar-refractivity contribution in [1.29, 1.82) is 0 Å². The highest BCUT2D eigenvalue weighted by Crippen LogP contribution is 2.35. The van der Waals surface area contributed by atoms with Crippen molar-refractivity contribution in [2.75, 3.05) is 20.3 Å². The maximum Gasteiger partial charge on any atom is 0.338 e. The van der Waals surface area contributed by atoms with Crippen LogP contribution in [-0.2, 0) is 9.53 Å². The molecule has 3 aromatic rings. The van der Waals surface area contributed by atoms with Crippen LogP contribution in [0.1, 0.15) is 37.9 Å². The van der Waals surface area contributed by atoms with Crippen LogP contribution < -0.4 is 24.4 Å². The second-order valence-corrected chi connectivity index (χ2v) is 9.53. The van der Waals surface area contributed by atoms with Crippen LogP contribution in [0.4, 0.5) is 0 Å². The van der Waals surface area contributed by atoms with Crippen LogP contribution in [0.2, 0.25) is 0 Å². The monoisotopic (exact) mass is 556 g/mol. The Morgan fingerprint density at radius 2 is 1.94 bits per heavy atom. The van der Waals surface area contributed by atoms with Gasteiger partial charge in [0.2, 0.25) is 0 Å². The Morgan fingerprint density at radius 3 is 2.63 bits per heavy atom. The highest BCUT2D eigenvalue weighted by Gasteiger charge is 2.35. The number of benzene rings is 2. The van der Waals surface area contributed by atoms with Gasteiger partial charge in [0, 0.05) is 5.56 Å². The van der Waals surface area contributed by atoms with Gasteiger partial charge in [0.1, 0.15) is 17.5 Å². The summed E-state index contributed by atoms with van der Waals surface area (Å²) in [6.45, 7) is 6.07. The Morgan fingerprint density at radius 1 is 1.17 bits per heavy atom. The van der Waals surface area contributed by atoms with Crippen molar-refractivity contribution in [1.82, 2.24) is 4.57 Å². The fourth-order valence-electron chi connectivity index (χ4n) is 4.00. The topological polar surface area (TPSA) is 79.1 Å². The summed E-state index contributed by atoms with van der Waals surface area (Å²) >= 11 is 4.77. The average molecular weight is 557 g/mol. The van der Waals surface area contributed by atoms with E-state index >= 15 is 0 Å². The zero-order chi connectivity index (χ0) is 25.1. The molecular formula is C26H25BrN2O5S. The number of fused-ring (bicyclic) bond motifs is 1. The summed E-state index contributed by atoms with van der Waals surface area (Å²) in [5.74, 6) is 0.800. The SMILES string of the molecule is CCOC(=O)C1=C(C)N=c2s/c(=C\c3ccc(OC)c(Br)c3)c(=O)n2[C@@H]1c1ccccc1OCC. The van der Waals surface area contributed by atoms with Crippen molar-refractivity contribution in [2.45, 2.75) is 26.8 Å². The molecule has 1 aliphatic rings. The largest absolute Gasteiger partial charge is 0.496 e. The van der Waals surface area contributed by atoms with Gasteiger partial charge in [0.05, 0.1) is 40.6 Å². The van der Waals surface area contributed by atoms with Gasteiger partial charge in [-0.15, -0.1) is 0 Å². The Kier molecular flexibility index (Phi) is 7.57. The first-order valence-corrected chi connectivity index (χ1v) is 12.7. The van der Waals surface area contributed by atoms with Crippen molar-refractivity contribution >= 4 is 39.3 Å². The number of methoxy groups -OCH3 is 1. The van der Waals surface area contributed by atoms with E-state index in [1.165, 1.54) is 11.3 Å². The van der Waals surface area contributed by atoms with Crippen molar-refractivity contribution in [2.24, 2.45) is 4.99 Å². The number of rotatable bonds is 7. The fourth-order valence-corrected chi connectivity index (χ4v) is 5.61. The summed E-state index contributed by atoms with van der Waals surface area (Å²) in [6, 6.07) is 12.3. The molecule has 7 nitrogen and oxygen atoms in total. The molecule has 1 atom stereocenters. The summed E-state index contributed by atoms with van der Waals surface area (Å²) in [4.78, 5) is 31.9. The number of ether oxygens (including phenoxy) is 3. The van der Waals surface area contributed by atoms with Crippen LogP contribution in [0.25, 0.3) is 6.08 Å². The van der Waals surface area contributed by atoms with Crippen molar-refractivity contribution in [3.63, 3.8) is 0 Å². The molecule has 0 saturated carbocycles. The van der Waals surface area contributed by atoms with Crippen LogP contribution in [-0.4, -0.2) is 30.9 Å². The van der Waals surface area contributed by atoms with Gasteiger partial charge < -0.3 is 14.2 Å². The van der Waals surface area contributed by atoms with Crippen molar-refractivity contribution in [3.05, 3.63) is 89.0 Å². The lowest BCUT2D eigenvalue weighted by Crippen LogP contribution is -2.40. The number of hydrogen-bond acceptors (Lipinski definition) is 7. The van der Waals surface area contributed by atoms with E-state index in [4.69, 9.17) is 14.2 Å². The summed E-state index contributed by atoms with van der Waals surface area (Å²) in [5, 5.41) is 0. The first-order valence-electron chi connectivity index (χ1n) is 11.1. The van der Waals surface area contributed by atoms with Crippen LogP contribution >= 0.6 is 27.3 Å². The lowest BCUT2D eigenvalue weighted by molar-refractivity contribution is -0.139. The normalized spacial score (nSPS) is 15.5.